The maximum Gasteiger partial charge on any atom is 0.253 e. The second kappa shape index (κ2) is 9.58. The molecule has 1 heterocycles. The summed E-state index contributed by atoms with van der Waals surface area (Å²) in [4.78, 5) is 24.0. The first-order valence-electron chi connectivity index (χ1n) is 7.63. The lowest BCUT2D eigenvalue weighted by Crippen LogP contribution is -2.30. The fraction of sp³-hybridized carbons (Fsp3) is 0.500. The molecule has 1 aliphatic rings. The normalized spacial score (nSPS) is 20.8. The first kappa shape index (κ1) is 20.4. The number of carbonyl (C=O) groups is 2. The van der Waals surface area contributed by atoms with Crippen molar-refractivity contribution in [2.75, 3.05) is 24.3 Å². The molecular formula is C16H24ClN3O4. The monoisotopic (exact) mass is 357 g/mol. The lowest BCUT2D eigenvalue weighted by molar-refractivity contribution is -0.126. The van der Waals surface area contributed by atoms with Crippen LogP contribution in [0.4, 0.5) is 11.4 Å². The number of anilines is 2. The van der Waals surface area contributed by atoms with Gasteiger partial charge < -0.3 is 25.8 Å². The number of hydrogen-bond acceptors (Lipinski definition) is 5. The van der Waals surface area contributed by atoms with Gasteiger partial charge in [0.1, 0.15) is 12.2 Å². The van der Waals surface area contributed by atoms with Gasteiger partial charge in [0.25, 0.3) is 11.8 Å². The van der Waals surface area contributed by atoms with E-state index in [1.807, 2.05) is 0 Å². The molecule has 8 heteroatoms. The molecule has 1 aliphatic heterocycles. The van der Waals surface area contributed by atoms with Gasteiger partial charge in [-0.05, 0) is 38.0 Å². The standard InChI is InChI=1S/C16H23N3O4.ClH/c1-10(22-2)15(20)18-11-4-3-5-12(8-11)19-16(21)14-7-6-13(9-17)23-14;/h3-5,8,10,13-14H,6-7,9,17H2,1-2H3,(H,18,20)(H,19,21);1H/t10?,13-,14+;/m1./s1. The Kier molecular flexibility index (Phi) is 8.14. The van der Waals surface area contributed by atoms with Gasteiger partial charge in [0, 0.05) is 25.0 Å². The number of nitrogens with two attached hydrogens (primary N) is 1. The van der Waals surface area contributed by atoms with Crippen molar-refractivity contribution in [1.82, 2.24) is 0 Å². The molecule has 3 atom stereocenters. The highest BCUT2D eigenvalue weighted by Crippen LogP contribution is 2.21. The van der Waals surface area contributed by atoms with E-state index < -0.39 is 12.2 Å². The zero-order valence-electron chi connectivity index (χ0n) is 13.8. The first-order chi connectivity index (χ1) is 11.0. The van der Waals surface area contributed by atoms with Gasteiger partial charge in [-0.3, -0.25) is 9.59 Å². The molecule has 1 fully saturated rings. The molecular weight excluding hydrogens is 334 g/mol. The molecule has 0 saturated carbocycles. The summed E-state index contributed by atoms with van der Waals surface area (Å²) in [7, 11) is 1.47. The molecule has 2 amide bonds. The number of amides is 2. The van der Waals surface area contributed by atoms with E-state index in [-0.39, 0.29) is 30.3 Å². The van der Waals surface area contributed by atoms with Crippen LogP contribution in [0.5, 0.6) is 0 Å². The van der Waals surface area contributed by atoms with Crippen molar-refractivity contribution in [3.63, 3.8) is 0 Å². The van der Waals surface area contributed by atoms with Gasteiger partial charge in [0.05, 0.1) is 6.10 Å². The molecule has 1 saturated heterocycles. The smallest absolute Gasteiger partial charge is 0.253 e. The highest BCUT2D eigenvalue weighted by Gasteiger charge is 2.29. The van der Waals surface area contributed by atoms with Crippen LogP contribution in [0, 0.1) is 0 Å². The number of carbonyl (C=O) groups excluding carboxylic acids is 2. The Labute approximate surface area is 147 Å². The summed E-state index contributed by atoms with van der Waals surface area (Å²) in [5.41, 5.74) is 6.73. The molecule has 0 bridgehead atoms. The second-order valence-corrected chi connectivity index (χ2v) is 5.50. The van der Waals surface area contributed by atoms with Crippen LogP contribution in [-0.2, 0) is 19.1 Å². The summed E-state index contributed by atoms with van der Waals surface area (Å²) in [6.07, 6.45) is 0.380. The van der Waals surface area contributed by atoms with Crippen LogP contribution in [0.2, 0.25) is 0 Å². The van der Waals surface area contributed by atoms with Crippen molar-refractivity contribution in [2.24, 2.45) is 5.73 Å². The van der Waals surface area contributed by atoms with Gasteiger partial charge in [-0.2, -0.15) is 0 Å². The van der Waals surface area contributed by atoms with Crippen molar-refractivity contribution < 1.29 is 19.1 Å². The minimum absolute atomic E-state index is 0. The van der Waals surface area contributed by atoms with E-state index in [9.17, 15) is 9.59 Å². The van der Waals surface area contributed by atoms with Crippen LogP contribution >= 0.6 is 12.4 Å². The molecule has 0 radical (unpaired) electrons. The summed E-state index contributed by atoms with van der Waals surface area (Å²) >= 11 is 0. The number of halogens is 1. The fourth-order valence-electron chi connectivity index (χ4n) is 2.32. The van der Waals surface area contributed by atoms with Crippen molar-refractivity contribution >= 4 is 35.6 Å². The van der Waals surface area contributed by atoms with Crippen LogP contribution < -0.4 is 16.4 Å². The van der Waals surface area contributed by atoms with Crippen molar-refractivity contribution in [3.8, 4) is 0 Å². The zero-order chi connectivity index (χ0) is 16.8. The number of benzene rings is 1. The van der Waals surface area contributed by atoms with Gasteiger partial charge >= 0.3 is 0 Å². The third kappa shape index (κ3) is 5.45. The second-order valence-electron chi connectivity index (χ2n) is 5.50. The molecule has 0 spiro atoms. The number of rotatable bonds is 6. The summed E-state index contributed by atoms with van der Waals surface area (Å²) < 4.78 is 10.5. The average molecular weight is 358 g/mol. The Morgan fingerprint density at radius 3 is 2.58 bits per heavy atom. The van der Waals surface area contributed by atoms with Gasteiger partial charge in [0.2, 0.25) is 0 Å². The minimum Gasteiger partial charge on any atom is -0.372 e. The molecule has 1 aromatic rings. The summed E-state index contributed by atoms with van der Waals surface area (Å²) in [5.74, 6) is -0.449. The topological polar surface area (TPSA) is 103 Å². The number of ether oxygens (including phenoxy) is 2. The molecule has 1 unspecified atom stereocenters. The van der Waals surface area contributed by atoms with Crippen LogP contribution in [0.1, 0.15) is 19.8 Å². The summed E-state index contributed by atoms with van der Waals surface area (Å²) in [6.45, 7) is 2.08. The van der Waals surface area contributed by atoms with Crippen LogP contribution in [0.3, 0.4) is 0 Å². The van der Waals surface area contributed by atoms with E-state index in [1.54, 1.807) is 31.2 Å². The van der Waals surface area contributed by atoms with E-state index >= 15 is 0 Å². The Bertz CT molecular complexity index is 570. The molecule has 0 aliphatic carbocycles. The highest BCUT2D eigenvalue weighted by atomic mass is 35.5. The van der Waals surface area contributed by atoms with Crippen LogP contribution in [0.25, 0.3) is 0 Å². The molecule has 0 aromatic heterocycles. The number of methoxy groups -OCH3 is 1. The van der Waals surface area contributed by atoms with Crippen LogP contribution in [0.15, 0.2) is 24.3 Å². The summed E-state index contributed by atoms with van der Waals surface area (Å²) in [6, 6.07) is 6.93. The van der Waals surface area contributed by atoms with Gasteiger partial charge in [-0.25, -0.2) is 0 Å². The molecule has 7 nitrogen and oxygen atoms in total. The van der Waals surface area contributed by atoms with Gasteiger partial charge in [-0.15, -0.1) is 12.4 Å². The van der Waals surface area contributed by atoms with E-state index in [4.69, 9.17) is 15.2 Å². The molecule has 1 aromatic carbocycles. The maximum absolute atomic E-state index is 12.2. The van der Waals surface area contributed by atoms with Crippen LogP contribution in [-0.4, -0.2) is 43.8 Å². The molecule has 134 valence electrons. The van der Waals surface area contributed by atoms with Gasteiger partial charge in [0.15, 0.2) is 0 Å². The lowest BCUT2D eigenvalue weighted by atomic mass is 10.2. The Hall–Kier alpha value is -1.67. The molecule has 2 rings (SSSR count). The first-order valence-corrected chi connectivity index (χ1v) is 7.63. The van der Waals surface area contributed by atoms with E-state index in [2.05, 4.69) is 10.6 Å². The highest BCUT2D eigenvalue weighted by molar-refractivity contribution is 5.97. The van der Waals surface area contributed by atoms with Crippen molar-refractivity contribution in [2.45, 2.75) is 38.1 Å². The lowest BCUT2D eigenvalue weighted by Gasteiger charge is -2.14. The van der Waals surface area contributed by atoms with Gasteiger partial charge in [-0.1, -0.05) is 6.07 Å². The fourth-order valence-corrected chi connectivity index (χ4v) is 2.32. The molecule has 24 heavy (non-hydrogen) atoms. The average Bonchev–Trinajstić information content (AvgIpc) is 3.03. The summed E-state index contributed by atoms with van der Waals surface area (Å²) in [5, 5.41) is 5.53. The molecule has 4 N–H and O–H groups in total. The zero-order valence-corrected chi connectivity index (χ0v) is 14.6. The predicted octanol–water partition coefficient (Wildman–Crippen LogP) is 1.53. The van der Waals surface area contributed by atoms with E-state index in [1.165, 1.54) is 7.11 Å². The maximum atomic E-state index is 12.2. The Balaban J connectivity index is 0.00000288. The SMILES string of the molecule is COC(C)C(=O)Nc1cccc(NC(=O)[C@@H]2CC[C@H](CN)O2)c1.Cl. The Morgan fingerprint density at radius 1 is 1.33 bits per heavy atom. The Morgan fingerprint density at radius 2 is 2.00 bits per heavy atom. The quantitative estimate of drug-likeness (QED) is 0.716. The number of nitrogens with one attached hydrogen (secondary N) is 2. The third-order valence-electron chi connectivity index (χ3n) is 3.78. The van der Waals surface area contributed by atoms with E-state index in [0.717, 1.165) is 6.42 Å². The van der Waals surface area contributed by atoms with E-state index in [0.29, 0.717) is 24.3 Å². The largest absolute Gasteiger partial charge is 0.372 e. The van der Waals surface area contributed by atoms with Crippen molar-refractivity contribution in [1.29, 1.82) is 0 Å². The predicted molar refractivity (Wildman–Crippen MR) is 94.4 cm³/mol. The number of hydrogen-bond donors (Lipinski definition) is 3. The van der Waals surface area contributed by atoms with Crippen molar-refractivity contribution in [3.05, 3.63) is 24.3 Å². The minimum atomic E-state index is -0.548. The third-order valence-corrected chi connectivity index (χ3v) is 3.78.